The van der Waals surface area contributed by atoms with Gasteiger partial charge in [-0.2, -0.15) is 4.98 Å². The van der Waals surface area contributed by atoms with E-state index in [1.54, 1.807) is 6.92 Å². The molecule has 7 heteroatoms. The molecule has 130 valence electrons. The van der Waals surface area contributed by atoms with Crippen LogP contribution in [0.3, 0.4) is 0 Å². The Balaban J connectivity index is 1.84. The van der Waals surface area contributed by atoms with Crippen LogP contribution in [0.4, 0.5) is 0 Å². The summed E-state index contributed by atoms with van der Waals surface area (Å²) in [5.41, 5.74) is 0. The number of amides is 1. The van der Waals surface area contributed by atoms with E-state index in [1.165, 1.54) is 0 Å². The maximum Gasteiger partial charge on any atom is 0.243 e. The quantitative estimate of drug-likeness (QED) is 0.823. The van der Waals surface area contributed by atoms with Gasteiger partial charge < -0.3 is 14.9 Å². The van der Waals surface area contributed by atoms with Crippen molar-refractivity contribution in [3.05, 3.63) is 11.7 Å². The van der Waals surface area contributed by atoms with Crippen molar-refractivity contribution >= 4 is 5.91 Å². The van der Waals surface area contributed by atoms with Crippen LogP contribution < -0.4 is 5.32 Å². The number of hydrogen-bond acceptors (Lipinski definition) is 6. The number of rotatable bonds is 6. The number of likely N-dealkylation sites (tertiary alicyclic amines) is 1. The lowest BCUT2D eigenvalue weighted by Crippen LogP contribution is -2.42. The predicted octanol–water partition coefficient (Wildman–Crippen LogP) is 1.46. The number of nitrogens with zero attached hydrogens (tertiary/aromatic N) is 3. The fourth-order valence-corrected chi connectivity index (χ4v) is 2.75. The summed E-state index contributed by atoms with van der Waals surface area (Å²) in [6.45, 7) is 9.77. The number of hydrogen-bond donors (Lipinski definition) is 2. The smallest absolute Gasteiger partial charge is 0.243 e. The molecule has 0 aromatic carbocycles. The van der Waals surface area contributed by atoms with Crippen LogP contribution in [0.25, 0.3) is 0 Å². The van der Waals surface area contributed by atoms with Crippen molar-refractivity contribution in [1.29, 1.82) is 0 Å². The molecule has 23 heavy (non-hydrogen) atoms. The summed E-state index contributed by atoms with van der Waals surface area (Å²) in [5, 5.41) is 16.0. The number of aliphatic hydroxyl groups is 1. The summed E-state index contributed by atoms with van der Waals surface area (Å²) in [7, 11) is 0. The first-order valence-corrected chi connectivity index (χ1v) is 8.41. The number of carbonyl (C=O) groups excluding carboxylic acids is 1. The average Bonchev–Trinajstić information content (AvgIpc) is 3.02. The lowest BCUT2D eigenvalue weighted by Gasteiger charge is -2.33. The fourth-order valence-electron chi connectivity index (χ4n) is 2.75. The highest BCUT2D eigenvalue weighted by Gasteiger charge is 2.29. The van der Waals surface area contributed by atoms with E-state index in [0.717, 1.165) is 31.8 Å². The zero-order chi connectivity index (χ0) is 17.0. The standard InChI is InChI=1S/C16H28N4O3/c1-10(2)14-18-16(23-19-14)12(4)20-7-5-13(6-8-20)15(22)17-9-11(3)21/h10-13,21H,5-9H2,1-4H3,(H,17,22)/t11-,12+/m0/s1. The Hall–Kier alpha value is -1.47. The molecule has 1 saturated heterocycles. The van der Waals surface area contributed by atoms with Crippen LogP contribution in [0.5, 0.6) is 0 Å². The third kappa shape index (κ3) is 4.75. The van der Waals surface area contributed by atoms with Crippen molar-refractivity contribution in [3.8, 4) is 0 Å². The van der Waals surface area contributed by atoms with E-state index in [-0.39, 0.29) is 23.8 Å². The number of nitrogens with one attached hydrogen (secondary N) is 1. The highest BCUT2D eigenvalue weighted by Crippen LogP contribution is 2.26. The van der Waals surface area contributed by atoms with Crippen LogP contribution in [-0.2, 0) is 4.79 Å². The second-order valence-corrected chi connectivity index (χ2v) is 6.73. The minimum atomic E-state index is -0.508. The highest BCUT2D eigenvalue weighted by atomic mass is 16.5. The normalized spacial score (nSPS) is 19.7. The molecule has 1 aliphatic heterocycles. The predicted molar refractivity (Wildman–Crippen MR) is 85.8 cm³/mol. The maximum atomic E-state index is 12.0. The summed E-state index contributed by atoms with van der Waals surface area (Å²) in [5.74, 6) is 1.69. The Kier molecular flexibility index (Phi) is 6.12. The van der Waals surface area contributed by atoms with Crippen molar-refractivity contribution in [2.75, 3.05) is 19.6 Å². The zero-order valence-electron chi connectivity index (χ0n) is 14.5. The molecule has 0 radical (unpaired) electrons. The molecule has 1 amide bonds. The first-order chi connectivity index (χ1) is 10.9. The molecule has 1 aromatic heterocycles. The first-order valence-electron chi connectivity index (χ1n) is 8.41. The van der Waals surface area contributed by atoms with Gasteiger partial charge in [-0.05, 0) is 39.8 Å². The van der Waals surface area contributed by atoms with Crippen LogP contribution in [0.2, 0.25) is 0 Å². The van der Waals surface area contributed by atoms with Crippen molar-refractivity contribution in [1.82, 2.24) is 20.4 Å². The second-order valence-electron chi connectivity index (χ2n) is 6.73. The summed E-state index contributed by atoms with van der Waals surface area (Å²) in [4.78, 5) is 18.8. The molecule has 0 bridgehead atoms. The van der Waals surface area contributed by atoms with Gasteiger partial charge in [0.15, 0.2) is 5.82 Å². The van der Waals surface area contributed by atoms with Crippen LogP contribution in [-0.4, -0.2) is 51.8 Å². The van der Waals surface area contributed by atoms with E-state index in [2.05, 4.69) is 27.3 Å². The Morgan fingerprint density at radius 1 is 1.35 bits per heavy atom. The molecule has 1 fully saturated rings. The average molecular weight is 324 g/mol. The molecule has 0 saturated carbocycles. The molecule has 0 spiro atoms. The number of aromatic nitrogens is 2. The van der Waals surface area contributed by atoms with Gasteiger partial charge in [-0.25, -0.2) is 0 Å². The number of aliphatic hydroxyl groups excluding tert-OH is 1. The van der Waals surface area contributed by atoms with Gasteiger partial charge in [-0.15, -0.1) is 0 Å². The van der Waals surface area contributed by atoms with Crippen molar-refractivity contribution in [2.45, 2.75) is 58.6 Å². The van der Waals surface area contributed by atoms with E-state index in [1.807, 2.05) is 13.8 Å². The van der Waals surface area contributed by atoms with E-state index >= 15 is 0 Å². The Bertz CT molecular complexity index is 507. The van der Waals surface area contributed by atoms with Gasteiger partial charge in [0.25, 0.3) is 0 Å². The van der Waals surface area contributed by atoms with E-state index in [4.69, 9.17) is 4.52 Å². The third-order valence-corrected chi connectivity index (χ3v) is 4.35. The van der Waals surface area contributed by atoms with E-state index < -0.39 is 6.10 Å². The van der Waals surface area contributed by atoms with Gasteiger partial charge in [0.2, 0.25) is 11.8 Å². The zero-order valence-corrected chi connectivity index (χ0v) is 14.5. The maximum absolute atomic E-state index is 12.0. The molecular weight excluding hydrogens is 296 g/mol. The Labute approximate surface area is 137 Å². The van der Waals surface area contributed by atoms with Gasteiger partial charge >= 0.3 is 0 Å². The lowest BCUT2D eigenvalue weighted by molar-refractivity contribution is -0.127. The van der Waals surface area contributed by atoms with Crippen molar-refractivity contribution in [3.63, 3.8) is 0 Å². The molecule has 2 heterocycles. The summed E-state index contributed by atoms with van der Waals surface area (Å²) in [6, 6.07) is 0.0662. The third-order valence-electron chi connectivity index (χ3n) is 4.35. The molecule has 2 atom stereocenters. The van der Waals surface area contributed by atoms with Crippen LogP contribution >= 0.6 is 0 Å². The summed E-state index contributed by atoms with van der Waals surface area (Å²) in [6.07, 6.45) is 1.11. The van der Waals surface area contributed by atoms with Crippen molar-refractivity contribution < 1.29 is 14.4 Å². The van der Waals surface area contributed by atoms with Crippen molar-refractivity contribution in [2.24, 2.45) is 5.92 Å². The summed E-state index contributed by atoms with van der Waals surface area (Å²) >= 11 is 0. The Morgan fingerprint density at radius 3 is 2.52 bits per heavy atom. The number of carbonyl (C=O) groups is 1. The second kappa shape index (κ2) is 7.88. The molecular formula is C16H28N4O3. The molecule has 2 N–H and O–H groups in total. The van der Waals surface area contributed by atoms with Gasteiger partial charge in [-0.1, -0.05) is 19.0 Å². The van der Waals surface area contributed by atoms with Gasteiger partial charge in [0.1, 0.15) is 0 Å². The highest BCUT2D eigenvalue weighted by molar-refractivity contribution is 5.78. The van der Waals surface area contributed by atoms with E-state index in [9.17, 15) is 9.90 Å². The Morgan fingerprint density at radius 2 is 2.00 bits per heavy atom. The SMILES string of the molecule is CC(C)c1noc([C@@H](C)N2CCC(C(=O)NC[C@H](C)O)CC2)n1. The minimum absolute atomic E-state index is 0.0195. The topological polar surface area (TPSA) is 91.5 Å². The van der Waals surface area contributed by atoms with Gasteiger partial charge in [0, 0.05) is 18.4 Å². The summed E-state index contributed by atoms with van der Waals surface area (Å²) < 4.78 is 5.37. The minimum Gasteiger partial charge on any atom is -0.392 e. The lowest BCUT2D eigenvalue weighted by atomic mass is 9.95. The van der Waals surface area contributed by atoms with E-state index in [0.29, 0.717) is 12.4 Å². The van der Waals surface area contributed by atoms with Crippen LogP contribution in [0.15, 0.2) is 4.52 Å². The monoisotopic (exact) mass is 324 g/mol. The largest absolute Gasteiger partial charge is 0.392 e. The van der Waals surface area contributed by atoms with Crippen LogP contribution in [0.1, 0.15) is 64.2 Å². The first kappa shape index (κ1) is 17.9. The molecule has 7 nitrogen and oxygen atoms in total. The molecule has 2 rings (SSSR count). The molecule has 0 aliphatic carbocycles. The van der Waals surface area contributed by atoms with Gasteiger partial charge in [0.05, 0.1) is 12.1 Å². The fraction of sp³-hybridized carbons (Fsp3) is 0.812. The molecule has 1 aromatic rings. The number of piperidine rings is 1. The van der Waals surface area contributed by atoms with Gasteiger partial charge in [-0.3, -0.25) is 9.69 Å². The molecule has 0 unspecified atom stereocenters. The molecule has 1 aliphatic rings. The van der Waals surface area contributed by atoms with Crippen LogP contribution in [0, 0.1) is 5.92 Å².